The first-order chi connectivity index (χ1) is 43.1. The maximum Gasteiger partial charge on any atom is 0.163 e. The van der Waals surface area contributed by atoms with Crippen molar-refractivity contribution in [2.24, 2.45) is 0 Å². The van der Waals surface area contributed by atoms with E-state index >= 15 is 0 Å². The maximum absolute atomic E-state index is 10.9. The van der Waals surface area contributed by atoms with Crippen LogP contribution in [0.15, 0.2) is 115 Å². The van der Waals surface area contributed by atoms with Crippen LogP contribution in [0.3, 0.4) is 0 Å². The van der Waals surface area contributed by atoms with Gasteiger partial charge in [0.15, 0.2) is 5.82 Å². The number of benzene rings is 5. The molecule has 0 radical (unpaired) electrons. The fourth-order valence-electron chi connectivity index (χ4n) is 14.9. The molecule has 0 saturated heterocycles. The number of hydrogen-bond acceptors (Lipinski definition) is 7. The minimum atomic E-state index is -0.215. The molecule has 3 aromatic heterocycles. The summed E-state index contributed by atoms with van der Waals surface area (Å²) in [6.07, 6.45) is 34.2. The predicted octanol–water partition coefficient (Wildman–Crippen LogP) is 24.7. The second-order valence-corrected chi connectivity index (χ2v) is 28.3. The van der Waals surface area contributed by atoms with Crippen molar-refractivity contribution in [1.29, 1.82) is 15.8 Å². The Bertz CT molecular complexity index is 3750. The first-order valence-corrected chi connectivity index (χ1v) is 35.8. The number of nitriles is 3. The first-order valence-electron chi connectivity index (χ1n) is 34.1. The van der Waals surface area contributed by atoms with Gasteiger partial charge in [-0.2, -0.15) is 15.8 Å². The summed E-state index contributed by atoms with van der Waals surface area (Å²) in [4.78, 5) is 16.2. The summed E-state index contributed by atoms with van der Waals surface area (Å²) < 4.78 is 0. The van der Waals surface area contributed by atoms with Crippen LogP contribution in [0, 0.1) is 47.8 Å². The number of unbranched alkanes of at least 4 members (excludes halogenated alkanes) is 20. The smallest absolute Gasteiger partial charge is 0.163 e. The highest BCUT2D eigenvalue weighted by molar-refractivity contribution is 7.23. The van der Waals surface area contributed by atoms with Crippen molar-refractivity contribution in [2.45, 2.75) is 232 Å². The van der Waals surface area contributed by atoms with Gasteiger partial charge in [-0.25, -0.2) is 9.97 Å². The SMILES string of the molecule is CCCCCCCCC1(CCCCCCCC)c2cc(C)ccc2-c2ccc(-c3cc(-c4ccc5c(c4)C(CCCCCCCC)(CCCCCCCC)c4cc(-c6ccc(-c7ccc(C)s7)s6)ccc4-5)nc(-c4c(C#N)cc(C#N)cc4C#N)n3)cc21. The molecule has 10 rings (SSSR count). The van der Waals surface area contributed by atoms with Crippen LogP contribution in [0.4, 0.5) is 0 Å². The van der Waals surface area contributed by atoms with Crippen molar-refractivity contribution in [1.82, 2.24) is 9.97 Å². The number of aromatic nitrogens is 2. The number of nitrogens with zero attached hydrogens (tertiary/aromatic N) is 5. The molecule has 3 heterocycles. The van der Waals surface area contributed by atoms with E-state index in [4.69, 9.17) is 9.97 Å². The van der Waals surface area contributed by atoms with Gasteiger partial charge in [0.05, 0.1) is 51.8 Å². The average Bonchev–Trinajstić information content (AvgIpc) is 1.58. The number of hydrogen-bond donors (Lipinski definition) is 0. The molecule has 0 amide bonds. The van der Waals surface area contributed by atoms with E-state index in [1.165, 1.54) is 216 Å². The summed E-state index contributed by atoms with van der Waals surface area (Å²) in [5.74, 6) is 0.321. The summed E-state index contributed by atoms with van der Waals surface area (Å²) in [6, 6.07) is 50.1. The molecule has 2 aliphatic carbocycles. The van der Waals surface area contributed by atoms with E-state index in [2.05, 4.69) is 163 Å². The zero-order valence-electron chi connectivity index (χ0n) is 53.8. The maximum atomic E-state index is 10.9. The third-order valence-electron chi connectivity index (χ3n) is 19.6. The van der Waals surface area contributed by atoms with Crippen LogP contribution >= 0.6 is 22.7 Å². The number of aryl methyl sites for hydroxylation is 2. The molecule has 2 aliphatic rings. The topological polar surface area (TPSA) is 97.1 Å². The molecule has 0 aliphatic heterocycles. The Morgan fingerprint density at radius 3 is 1.16 bits per heavy atom. The Balaban J connectivity index is 1.14. The van der Waals surface area contributed by atoms with Gasteiger partial charge in [-0.1, -0.05) is 242 Å². The summed E-state index contributed by atoms with van der Waals surface area (Å²) in [6.45, 7) is 13.7. The van der Waals surface area contributed by atoms with E-state index in [1.807, 2.05) is 22.7 Å². The van der Waals surface area contributed by atoms with Gasteiger partial charge in [0.25, 0.3) is 0 Å². The number of thiophene rings is 2. The highest BCUT2D eigenvalue weighted by Gasteiger charge is 2.44. The molecule has 8 aromatic rings. The molecule has 88 heavy (non-hydrogen) atoms. The van der Waals surface area contributed by atoms with E-state index in [0.717, 1.165) is 61.0 Å². The van der Waals surface area contributed by atoms with Crippen LogP contribution in [0.1, 0.15) is 257 Å². The Morgan fingerprint density at radius 2 is 0.739 bits per heavy atom. The van der Waals surface area contributed by atoms with Crippen molar-refractivity contribution in [2.75, 3.05) is 0 Å². The molecule has 0 spiro atoms. The largest absolute Gasteiger partial charge is 0.228 e. The standard InChI is InChI=1S/C81H93N5S2/c1-7-11-15-19-23-27-43-80(44-28-24-20-16-12-8-2)69-47-57(5)31-36-65(69)66-37-33-60(50-70(66)80)73-53-74(86-79(85-73)78-63(55-83)48-59(54-82)49-64(78)56-84)61-34-38-67-68-39-35-62(75-41-42-77(88-75)76-40-32-58(6)87-76)52-72(68)81(71(67)51-61,45-29-25-21-17-13-9-3)46-30-26-22-18-14-10-4/h31-42,47-53H,7-30,43-46H2,1-6H3. The van der Waals surface area contributed by atoms with Gasteiger partial charge in [0, 0.05) is 41.5 Å². The Hall–Kier alpha value is -6.95. The lowest BCUT2D eigenvalue weighted by Gasteiger charge is -2.33. The molecule has 7 heteroatoms. The van der Waals surface area contributed by atoms with E-state index in [0.29, 0.717) is 11.4 Å². The van der Waals surface area contributed by atoms with Gasteiger partial charge in [-0.05, 0) is 150 Å². The van der Waals surface area contributed by atoms with Gasteiger partial charge in [0.1, 0.15) is 0 Å². The predicted molar refractivity (Wildman–Crippen MR) is 373 cm³/mol. The summed E-state index contributed by atoms with van der Waals surface area (Å²) >= 11 is 3.77. The quantitative estimate of drug-likeness (QED) is 0.0382. The normalized spacial score (nSPS) is 13.2. The molecular formula is C81H93N5S2. The minimum absolute atomic E-state index is 0.144. The molecule has 0 atom stereocenters. The molecule has 5 aromatic carbocycles. The molecular weight excluding hydrogens is 1110 g/mol. The molecule has 0 saturated carbocycles. The Labute approximate surface area is 536 Å². The third-order valence-corrected chi connectivity index (χ3v) is 22.0. The summed E-state index contributed by atoms with van der Waals surface area (Å²) in [5.41, 5.74) is 17.8. The van der Waals surface area contributed by atoms with Crippen LogP contribution in [0.5, 0.6) is 0 Å². The van der Waals surface area contributed by atoms with E-state index in [-0.39, 0.29) is 27.5 Å². The lowest BCUT2D eigenvalue weighted by Crippen LogP contribution is -2.26. The third kappa shape index (κ3) is 14.1. The molecule has 0 unspecified atom stereocenters. The van der Waals surface area contributed by atoms with Crippen molar-refractivity contribution in [3.63, 3.8) is 0 Å². The number of fused-ring (bicyclic) bond motifs is 6. The average molecular weight is 1200 g/mol. The first kappa shape index (κ1) is 64.0. The van der Waals surface area contributed by atoms with Crippen LogP contribution in [0.2, 0.25) is 0 Å². The fraction of sp³-hybridized carbons (Fsp3) is 0.444. The van der Waals surface area contributed by atoms with Crippen molar-refractivity contribution < 1.29 is 0 Å². The minimum Gasteiger partial charge on any atom is -0.228 e. The highest BCUT2D eigenvalue weighted by atomic mass is 32.1. The van der Waals surface area contributed by atoms with Gasteiger partial charge in [-0.15, -0.1) is 22.7 Å². The fourth-order valence-corrected chi connectivity index (χ4v) is 16.9. The molecule has 0 N–H and O–H groups in total. The molecule has 5 nitrogen and oxygen atoms in total. The van der Waals surface area contributed by atoms with E-state index in [1.54, 1.807) is 12.1 Å². The molecule has 0 bridgehead atoms. The lowest BCUT2D eigenvalue weighted by molar-refractivity contribution is 0.398. The van der Waals surface area contributed by atoms with Crippen LogP contribution in [0.25, 0.3) is 76.4 Å². The lowest BCUT2D eigenvalue weighted by atomic mass is 9.70. The van der Waals surface area contributed by atoms with Crippen molar-refractivity contribution in [3.05, 3.63) is 165 Å². The zero-order chi connectivity index (χ0) is 61.5. The van der Waals surface area contributed by atoms with Crippen LogP contribution in [-0.4, -0.2) is 9.97 Å². The summed E-state index contributed by atoms with van der Waals surface area (Å²) in [5, 5.41) is 31.9. The Morgan fingerprint density at radius 1 is 0.364 bits per heavy atom. The highest BCUT2D eigenvalue weighted by Crippen LogP contribution is 2.58. The zero-order valence-corrected chi connectivity index (χ0v) is 55.5. The van der Waals surface area contributed by atoms with Crippen molar-refractivity contribution >= 4 is 22.7 Å². The summed E-state index contributed by atoms with van der Waals surface area (Å²) in [7, 11) is 0. The van der Waals surface area contributed by atoms with Gasteiger partial charge >= 0.3 is 0 Å². The second kappa shape index (κ2) is 30.5. The van der Waals surface area contributed by atoms with Crippen LogP contribution < -0.4 is 0 Å². The van der Waals surface area contributed by atoms with Gasteiger partial charge in [0.2, 0.25) is 0 Å². The molecule has 454 valence electrons. The van der Waals surface area contributed by atoms with E-state index < -0.39 is 0 Å². The van der Waals surface area contributed by atoms with Gasteiger partial charge < -0.3 is 0 Å². The second-order valence-electron chi connectivity index (χ2n) is 25.9. The van der Waals surface area contributed by atoms with Crippen molar-refractivity contribution in [3.8, 4) is 94.6 Å². The Kier molecular flexibility index (Phi) is 22.2. The number of rotatable bonds is 33. The monoisotopic (exact) mass is 1200 g/mol. The van der Waals surface area contributed by atoms with Crippen LogP contribution in [-0.2, 0) is 10.8 Å². The van der Waals surface area contributed by atoms with E-state index in [9.17, 15) is 15.8 Å². The molecule has 0 fully saturated rings. The van der Waals surface area contributed by atoms with Gasteiger partial charge in [-0.3, -0.25) is 0 Å².